The maximum atomic E-state index is 12.2. The van der Waals surface area contributed by atoms with E-state index in [1.54, 1.807) is 0 Å². The first-order chi connectivity index (χ1) is 8.25. The summed E-state index contributed by atoms with van der Waals surface area (Å²) in [5, 5.41) is 6.06. The molecule has 3 rings (SSSR count). The van der Waals surface area contributed by atoms with E-state index in [0.717, 1.165) is 19.4 Å². The first-order valence-electron chi connectivity index (χ1n) is 6.32. The molecule has 2 unspecified atom stereocenters. The van der Waals surface area contributed by atoms with Gasteiger partial charge in [0.15, 0.2) is 0 Å². The fourth-order valence-electron chi connectivity index (χ4n) is 2.92. The molecule has 6 nitrogen and oxygen atoms in total. The van der Waals surface area contributed by atoms with E-state index in [9.17, 15) is 9.59 Å². The number of amides is 3. The Morgan fingerprint density at radius 3 is 2.89 bits per heavy atom. The van der Waals surface area contributed by atoms with Gasteiger partial charge >= 0.3 is 6.03 Å². The highest BCUT2D eigenvalue weighted by Crippen LogP contribution is 2.16. The molecule has 3 aliphatic rings. The van der Waals surface area contributed by atoms with Gasteiger partial charge in [-0.05, 0) is 19.4 Å². The van der Waals surface area contributed by atoms with Crippen molar-refractivity contribution in [2.24, 2.45) is 0 Å². The first-order valence-corrected chi connectivity index (χ1v) is 6.32. The summed E-state index contributed by atoms with van der Waals surface area (Å²) in [5.74, 6) is 0.210. The molecule has 0 aromatic heterocycles. The predicted octanol–water partition coefficient (Wildman–Crippen LogP) is -0.604. The standard InChI is InChI=1S/C11H18N4O2.ClH/c16-10(9-2-1-3-12-9)14-4-5-15-8(7-14)6-13-11(15)17;/h8-9,12H,1-7H2,(H,13,17);1H. The number of nitrogens with one attached hydrogen (secondary N) is 2. The highest BCUT2D eigenvalue weighted by atomic mass is 35.5. The van der Waals surface area contributed by atoms with Crippen LogP contribution in [0.5, 0.6) is 0 Å². The molecule has 18 heavy (non-hydrogen) atoms. The van der Waals surface area contributed by atoms with Crippen LogP contribution in [-0.4, -0.2) is 66.5 Å². The molecule has 0 radical (unpaired) electrons. The van der Waals surface area contributed by atoms with Crippen molar-refractivity contribution in [1.82, 2.24) is 20.4 Å². The molecule has 0 aliphatic carbocycles. The van der Waals surface area contributed by atoms with Crippen molar-refractivity contribution < 1.29 is 9.59 Å². The lowest BCUT2D eigenvalue weighted by atomic mass is 10.1. The summed E-state index contributed by atoms with van der Waals surface area (Å²) in [6, 6.07) is 0.189. The highest BCUT2D eigenvalue weighted by Gasteiger charge is 2.38. The molecule has 3 saturated heterocycles. The van der Waals surface area contributed by atoms with Crippen molar-refractivity contribution in [3.05, 3.63) is 0 Å². The fraction of sp³-hybridized carbons (Fsp3) is 0.818. The van der Waals surface area contributed by atoms with Crippen LogP contribution < -0.4 is 10.6 Å². The molecular formula is C11H19ClN4O2. The average Bonchev–Trinajstić information content (AvgIpc) is 2.98. The SMILES string of the molecule is Cl.O=C(C1CCCN1)N1CCN2C(=O)NCC2C1. The molecule has 3 fully saturated rings. The minimum Gasteiger partial charge on any atom is -0.337 e. The summed E-state index contributed by atoms with van der Waals surface area (Å²) < 4.78 is 0. The van der Waals surface area contributed by atoms with Gasteiger partial charge in [0.1, 0.15) is 0 Å². The lowest BCUT2D eigenvalue weighted by Gasteiger charge is -2.37. The molecule has 3 amide bonds. The second-order valence-electron chi connectivity index (χ2n) is 4.97. The maximum Gasteiger partial charge on any atom is 0.317 e. The third kappa shape index (κ3) is 2.27. The number of rotatable bonds is 1. The zero-order valence-electron chi connectivity index (χ0n) is 10.2. The van der Waals surface area contributed by atoms with Crippen molar-refractivity contribution in [2.45, 2.75) is 24.9 Å². The van der Waals surface area contributed by atoms with Gasteiger partial charge in [0.2, 0.25) is 5.91 Å². The Morgan fingerprint density at radius 2 is 2.17 bits per heavy atom. The first kappa shape index (κ1) is 13.4. The van der Waals surface area contributed by atoms with Gasteiger partial charge in [0, 0.05) is 26.2 Å². The highest BCUT2D eigenvalue weighted by molar-refractivity contribution is 5.85. The summed E-state index contributed by atoms with van der Waals surface area (Å²) in [6.45, 7) is 3.62. The third-order valence-corrected chi connectivity index (χ3v) is 3.90. The number of hydrogen-bond donors (Lipinski definition) is 2. The van der Waals surface area contributed by atoms with Crippen molar-refractivity contribution in [2.75, 3.05) is 32.7 Å². The third-order valence-electron chi connectivity index (χ3n) is 3.90. The van der Waals surface area contributed by atoms with E-state index in [-0.39, 0.29) is 36.4 Å². The average molecular weight is 275 g/mol. The molecule has 2 N–H and O–H groups in total. The normalized spacial score (nSPS) is 30.8. The van der Waals surface area contributed by atoms with Gasteiger partial charge in [-0.25, -0.2) is 4.79 Å². The molecule has 102 valence electrons. The van der Waals surface area contributed by atoms with Gasteiger partial charge in [0.05, 0.1) is 12.1 Å². The fourth-order valence-corrected chi connectivity index (χ4v) is 2.92. The molecule has 0 aromatic carbocycles. The predicted molar refractivity (Wildman–Crippen MR) is 68.7 cm³/mol. The lowest BCUT2D eigenvalue weighted by Crippen LogP contribution is -2.56. The monoisotopic (exact) mass is 274 g/mol. The van der Waals surface area contributed by atoms with Crippen LogP contribution >= 0.6 is 12.4 Å². The van der Waals surface area contributed by atoms with Crippen LogP contribution in [0.15, 0.2) is 0 Å². The number of piperazine rings is 1. The molecule has 0 bridgehead atoms. The zero-order chi connectivity index (χ0) is 11.8. The lowest BCUT2D eigenvalue weighted by molar-refractivity contribution is -0.135. The summed E-state index contributed by atoms with van der Waals surface area (Å²) >= 11 is 0. The van der Waals surface area contributed by atoms with Crippen LogP contribution in [0.2, 0.25) is 0 Å². The Kier molecular flexibility index (Phi) is 3.97. The van der Waals surface area contributed by atoms with Gasteiger partial charge in [-0.3, -0.25) is 4.79 Å². The second-order valence-corrected chi connectivity index (χ2v) is 4.97. The number of carbonyl (C=O) groups excluding carboxylic acids is 2. The van der Waals surface area contributed by atoms with E-state index in [4.69, 9.17) is 0 Å². The summed E-state index contributed by atoms with van der Waals surface area (Å²) in [6.07, 6.45) is 2.03. The van der Waals surface area contributed by atoms with Gasteiger partial charge in [-0.15, -0.1) is 12.4 Å². The van der Waals surface area contributed by atoms with Crippen LogP contribution in [0.1, 0.15) is 12.8 Å². The number of halogens is 1. The Balaban J connectivity index is 0.00000120. The van der Waals surface area contributed by atoms with E-state index in [0.29, 0.717) is 26.2 Å². The molecule has 3 heterocycles. The van der Waals surface area contributed by atoms with E-state index < -0.39 is 0 Å². The second kappa shape index (κ2) is 5.32. The summed E-state index contributed by atoms with van der Waals surface area (Å²) in [4.78, 5) is 27.4. The molecule has 0 spiro atoms. The largest absolute Gasteiger partial charge is 0.337 e. The van der Waals surface area contributed by atoms with Crippen LogP contribution in [0.25, 0.3) is 0 Å². The quantitative estimate of drug-likeness (QED) is 0.671. The van der Waals surface area contributed by atoms with E-state index in [1.807, 2.05) is 9.80 Å². The van der Waals surface area contributed by atoms with E-state index in [1.165, 1.54) is 0 Å². The van der Waals surface area contributed by atoms with Crippen LogP contribution in [0.4, 0.5) is 4.79 Å². The van der Waals surface area contributed by atoms with Crippen LogP contribution in [0, 0.1) is 0 Å². The van der Waals surface area contributed by atoms with Crippen molar-refractivity contribution >= 4 is 24.3 Å². The molecule has 3 aliphatic heterocycles. The maximum absolute atomic E-state index is 12.2. The van der Waals surface area contributed by atoms with Gasteiger partial charge in [-0.2, -0.15) is 0 Å². The van der Waals surface area contributed by atoms with Crippen molar-refractivity contribution in [1.29, 1.82) is 0 Å². The van der Waals surface area contributed by atoms with E-state index >= 15 is 0 Å². The summed E-state index contributed by atoms with van der Waals surface area (Å²) in [5.41, 5.74) is 0. The van der Waals surface area contributed by atoms with Crippen LogP contribution in [0.3, 0.4) is 0 Å². The van der Waals surface area contributed by atoms with Crippen molar-refractivity contribution in [3.63, 3.8) is 0 Å². The Hall–Kier alpha value is -1.01. The molecule has 7 heteroatoms. The van der Waals surface area contributed by atoms with Crippen LogP contribution in [-0.2, 0) is 4.79 Å². The number of nitrogens with zero attached hydrogens (tertiary/aromatic N) is 2. The molecule has 2 atom stereocenters. The number of urea groups is 1. The zero-order valence-corrected chi connectivity index (χ0v) is 11.0. The topological polar surface area (TPSA) is 64.7 Å². The van der Waals surface area contributed by atoms with Gasteiger partial charge in [0.25, 0.3) is 0 Å². The molecular weight excluding hydrogens is 256 g/mol. The smallest absolute Gasteiger partial charge is 0.317 e. The Labute approximate surface area is 112 Å². The minimum absolute atomic E-state index is 0. The van der Waals surface area contributed by atoms with E-state index in [2.05, 4.69) is 10.6 Å². The Bertz CT molecular complexity index is 346. The minimum atomic E-state index is 0. The summed E-state index contributed by atoms with van der Waals surface area (Å²) in [7, 11) is 0. The number of hydrogen-bond acceptors (Lipinski definition) is 3. The molecule has 0 aromatic rings. The Morgan fingerprint density at radius 1 is 1.33 bits per heavy atom. The number of fused-ring (bicyclic) bond motifs is 1. The van der Waals surface area contributed by atoms with Crippen molar-refractivity contribution in [3.8, 4) is 0 Å². The number of carbonyl (C=O) groups is 2. The molecule has 0 saturated carbocycles. The van der Waals surface area contributed by atoms with Gasteiger partial charge in [-0.1, -0.05) is 0 Å². The van der Waals surface area contributed by atoms with Gasteiger partial charge < -0.3 is 20.4 Å².